The first-order valence-corrected chi connectivity index (χ1v) is 11.3. The largest absolute Gasteiger partial charge is 0.755 e. The lowest BCUT2D eigenvalue weighted by Crippen LogP contribution is -2.30. The number of halogens is 3. The number of rotatable bonds is 6. The van der Waals surface area contributed by atoms with Gasteiger partial charge in [0.05, 0.1) is 39.8 Å². The summed E-state index contributed by atoms with van der Waals surface area (Å²) in [7, 11) is 0. The van der Waals surface area contributed by atoms with Crippen LogP contribution in [0.3, 0.4) is 0 Å². The van der Waals surface area contributed by atoms with E-state index < -0.39 is 34.8 Å². The van der Waals surface area contributed by atoms with E-state index in [9.17, 15) is 22.3 Å². The third-order valence-electron chi connectivity index (χ3n) is 5.05. The number of fused-ring (bicyclic) bond motifs is 1. The number of hydrogen-bond acceptors (Lipinski definition) is 5. The van der Waals surface area contributed by atoms with Crippen molar-refractivity contribution in [2.45, 2.75) is 13.0 Å². The van der Waals surface area contributed by atoms with Crippen molar-refractivity contribution >= 4 is 51.2 Å². The molecule has 0 aliphatic rings. The maximum atomic E-state index is 14.2. The Kier molecular flexibility index (Phi) is 6.82. The summed E-state index contributed by atoms with van der Waals surface area (Å²) in [4.78, 5) is 21.6. The molecule has 1 amide bonds. The Bertz CT molecular complexity index is 1420. The van der Waals surface area contributed by atoms with Crippen LogP contribution in [0.2, 0.25) is 5.02 Å². The van der Waals surface area contributed by atoms with Gasteiger partial charge in [0.2, 0.25) is 0 Å². The fourth-order valence-electron chi connectivity index (χ4n) is 3.50. The van der Waals surface area contributed by atoms with Crippen molar-refractivity contribution in [1.82, 2.24) is 15.3 Å². The molecule has 11 heteroatoms. The lowest BCUT2D eigenvalue weighted by molar-refractivity contribution is 0.0940. The van der Waals surface area contributed by atoms with Crippen molar-refractivity contribution in [3.05, 3.63) is 94.8 Å². The van der Waals surface area contributed by atoms with E-state index in [1.165, 1.54) is 49.6 Å². The second-order valence-electron chi connectivity index (χ2n) is 7.24. The highest BCUT2D eigenvalue weighted by atomic mass is 35.5. The molecule has 4 rings (SSSR count). The van der Waals surface area contributed by atoms with E-state index in [4.69, 9.17) is 11.6 Å². The second-order valence-corrected chi connectivity index (χ2v) is 8.47. The van der Waals surface area contributed by atoms with Crippen LogP contribution >= 0.6 is 11.6 Å². The number of nitrogens with zero attached hydrogens (tertiary/aromatic N) is 3. The van der Waals surface area contributed by atoms with Gasteiger partial charge < -0.3 is 9.87 Å². The summed E-state index contributed by atoms with van der Waals surface area (Å²) in [5.41, 5.74) is 0.894. The van der Waals surface area contributed by atoms with Crippen molar-refractivity contribution < 1.29 is 22.3 Å². The lowest BCUT2D eigenvalue weighted by Gasteiger charge is -2.29. The highest BCUT2D eigenvalue weighted by Gasteiger charge is 2.23. The average Bonchev–Trinajstić information content (AvgIpc) is 2.79. The van der Waals surface area contributed by atoms with E-state index in [-0.39, 0.29) is 27.5 Å². The zero-order chi connectivity index (χ0) is 24.4. The molecule has 34 heavy (non-hydrogen) atoms. The number of amides is 1. The van der Waals surface area contributed by atoms with Crippen LogP contribution in [0.4, 0.5) is 20.2 Å². The van der Waals surface area contributed by atoms with Crippen LogP contribution in [0.5, 0.6) is 0 Å². The zero-order valence-electron chi connectivity index (χ0n) is 17.5. The normalized spacial score (nSPS) is 12.9. The number of nitrogens with one attached hydrogen (secondary N) is 1. The summed E-state index contributed by atoms with van der Waals surface area (Å²) >= 11 is 3.26. The third kappa shape index (κ3) is 4.74. The molecule has 3 aromatic carbocycles. The maximum absolute atomic E-state index is 14.2. The van der Waals surface area contributed by atoms with E-state index in [1.54, 1.807) is 12.1 Å². The summed E-state index contributed by atoms with van der Waals surface area (Å²) in [6, 6.07) is 11.1. The molecule has 2 unspecified atom stereocenters. The van der Waals surface area contributed by atoms with Crippen molar-refractivity contribution in [3.63, 3.8) is 0 Å². The van der Waals surface area contributed by atoms with Crippen LogP contribution < -0.4 is 9.62 Å². The number of aromatic nitrogens is 2. The van der Waals surface area contributed by atoms with Gasteiger partial charge in [0, 0.05) is 29.0 Å². The maximum Gasteiger partial charge on any atom is 0.253 e. The summed E-state index contributed by atoms with van der Waals surface area (Å²) in [5, 5.41) is 2.80. The molecule has 1 N–H and O–H groups in total. The van der Waals surface area contributed by atoms with Crippen LogP contribution in [-0.2, 0) is 11.3 Å². The number of anilines is 2. The molecular weight excluding hydrogens is 486 g/mol. The topological polar surface area (TPSA) is 98.2 Å². The monoisotopic (exact) mass is 501 g/mol. The molecule has 0 saturated heterocycles. The van der Waals surface area contributed by atoms with Gasteiger partial charge in [-0.2, -0.15) is 0 Å². The molecule has 0 radical (unpaired) electrons. The molecule has 0 spiro atoms. The molecule has 0 fully saturated rings. The molecule has 0 saturated carbocycles. The summed E-state index contributed by atoms with van der Waals surface area (Å²) in [6.07, 6.45) is 2.89. The number of para-hydroxylation sites is 1. The van der Waals surface area contributed by atoms with Crippen molar-refractivity contribution in [2.75, 3.05) is 4.31 Å². The van der Waals surface area contributed by atoms with E-state index in [0.29, 0.717) is 11.0 Å². The number of benzene rings is 3. The minimum absolute atomic E-state index is 0.0381. The van der Waals surface area contributed by atoms with Gasteiger partial charge in [-0.15, -0.1) is 0 Å². The Hall–Kier alpha value is -3.47. The van der Waals surface area contributed by atoms with Crippen molar-refractivity contribution in [2.24, 2.45) is 0 Å². The fourth-order valence-corrected chi connectivity index (χ4v) is 4.29. The fraction of sp³-hybridized carbons (Fsp3) is 0.0870. The lowest BCUT2D eigenvalue weighted by atomic mass is 10.1. The van der Waals surface area contributed by atoms with E-state index in [1.807, 2.05) is 0 Å². The Morgan fingerprint density at radius 1 is 1.09 bits per heavy atom. The Morgan fingerprint density at radius 2 is 1.85 bits per heavy atom. The van der Waals surface area contributed by atoms with Crippen molar-refractivity contribution in [1.29, 1.82) is 0 Å². The Labute approximate surface area is 200 Å². The second kappa shape index (κ2) is 9.80. The minimum Gasteiger partial charge on any atom is -0.755 e. The highest BCUT2D eigenvalue weighted by Crippen LogP contribution is 2.35. The van der Waals surface area contributed by atoms with Gasteiger partial charge >= 0.3 is 0 Å². The number of carbonyl (C=O) groups excluding carboxylic acids is 1. The molecular formula is C23H16ClF2N4O3S-. The molecule has 4 aromatic rings. The predicted molar refractivity (Wildman–Crippen MR) is 124 cm³/mol. The molecule has 0 aliphatic heterocycles. The van der Waals surface area contributed by atoms with Crippen LogP contribution in [-0.4, -0.2) is 24.6 Å². The molecule has 174 valence electrons. The standard InChI is InChI=1S/C23H17ClF2N4O3S/c1-13(16-8-6-15(25)12-18(16)26)29-23(31)17-7-5-14(24)11-21(17)30(34(32)33)20-4-2-3-19-22(20)28-10-9-27-19/h2-13H,1H3,(H,29,31)(H,32,33)/p-1. The first-order chi connectivity index (χ1) is 16.3. The number of carbonyl (C=O) groups is 1. The average molecular weight is 502 g/mol. The molecule has 7 nitrogen and oxygen atoms in total. The van der Waals surface area contributed by atoms with E-state index in [0.717, 1.165) is 16.4 Å². The number of hydrogen-bond donors (Lipinski definition) is 1. The quantitative estimate of drug-likeness (QED) is 0.375. The first kappa shape index (κ1) is 23.7. The Morgan fingerprint density at radius 3 is 2.59 bits per heavy atom. The summed E-state index contributed by atoms with van der Waals surface area (Å²) in [6.45, 7) is 1.52. The van der Waals surface area contributed by atoms with Crippen LogP contribution in [0, 0.1) is 11.6 Å². The molecule has 0 bridgehead atoms. The Balaban J connectivity index is 1.77. The SMILES string of the molecule is CC(NC(=O)c1ccc(Cl)cc1N(c1cccc2nccnc12)S(=O)[O-])c1ccc(F)cc1F. The summed E-state index contributed by atoms with van der Waals surface area (Å²) in [5.74, 6) is -2.25. The van der Waals surface area contributed by atoms with Crippen LogP contribution in [0.15, 0.2) is 67.0 Å². The van der Waals surface area contributed by atoms with Crippen LogP contribution in [0.25, 0.3) is 11.0 Å². The summed E-state index contributed by atoms with van der Waals surface area (Å²) < 4.78 is 53.1. The molecule has 2 atom stereocenters. The van der Waals surface area contributed by atoms with Gasteiger partial charge in [0.15, 0.2) is 0 Å². The van der Waals surface area contributed by atoms with Gasteiger partial charge in [0.25, 0.3) is 5.91 Å². The van der Waals surface area contributed by atoms with Gasteiger partial charge in [-0.05, 0) is 43.3 Å². The molecule has 1 aromatic heterocycles. The minimum atomic E-state index is -2.88. The molecule has 1 heterocycles. The smallest absolute Gasteiger partial charge is 0.253 e. The first-order valence-electron chi connectivity index (χ1n) is 9.91. The predicted octanol–water partition coefficient (Wildman–Crippen LogP) is 4.98. The highest BCUT2D eigenvalue weighted by molar-refractivity contribution is 7.81. The van der Waals surface area contributed by atoms with Gasteiger partial charge in [-0.3, -0.25) is 23.3 Å². The van der Waals surface area contributed by atoms with Crippen molar-refractivity contribution in [3.8, 4) is 0 Å². The van der Waals surface area contributed by atoms with E-state index >= 15 is 0 Å². The van der Waals surface area contributed by atoms with Gasteiger partial charge in [-0.1, -0.05) is 23.7 Å². The third-order valence-corrected chi connectivity index (χ3v) is 5.97. The van der Waals surface area contributed by atoms with Gasteiger partial charge in [-0.25, -0.2) is 8.78 Å². The van der Waals surface area contributed by atoms with Gasteiger partial charge in [0.1, 0.15) is 17.2 Å². The zero-order valence-corrected chi connectivity index (χ0v) is 19.1. The molecule has 0 aliphatic carbocycles. The van der Waals surface area contributed by atoms with E-state index in [2.05, 4.69) is 15.3 Å². The van der Waals surface area contributed by atoms with Crippen LogP contribution in [0.1, 0.15) is 28.9 Å².